The summed E-state index contributed by atoms with van der Waals surface area (Å²) in [5.41, 5.74) is 6.18. The quantitative estimate of drug-likeness (QED) is 0.569. The van der Waals surface area contributed by atoms with Crippen molar-refractivity contribution >= 4 is 17.7 Å². The van der Waals surface area contributed by atoms with E-state index in [1.54, 1.807) is 23.1 Å². The van der Waals surface area contributed by atoms with E-state index in [4.69, 9.17) is 9.47 Å². The van der Waals surface area contributed by atoms with Gasteiger partial charge in [-0.15, -0.1) is 0 Å². The maximum Gasteiger partial charge on any atom is 0.269 e. The molecule has 0 spiro atoms. The van der Waals surface area contributed by atoms with Crippen molar-refractivity contribution in [3.63, 3.8) is 0 Å². The molecule has 1 aliphatic heterocycles. The Kier molecular flexibility index (Phi) is 8.29. The zero-order chi connectivity index (χ0) is 23.8. The van der Waals surface area contributed by atoms with Gasteiger partial charge in [0.05, 0.1) is 19.6 Å². The average Bonchev–Trinajstić information content (AvgIpc) is 3.18. The molecule has 0 saturated carbocycles. The maximum absolute atomic E-state index is 12.5. The van der Waals surface area contributed by atoms with Gasteiger partial charge in [-0.2, -0.15) is 0 Å². The summed E-state index contributed by atoms with van der Waals surface area (Å²) < 4.78 is 11.1. The number of likely N-dealkylation sites (tertiary alicyclic amines) is 1. The molecule has 8 nitrogen and oxygen atoms in total. The molecule has 3 amide bonds. The van der Waals surface area contributed by atoms with Gasteiger partial charge in [-0.3, -0.25) is 25.2 Å². The van der Waals surface area contributed by atoms with Crippen molar-refractivity contribution in [2.45, 2.75) is 33.2 Å². The molecule has 1 heterocycles. The van der Waals surface area contributed by atoms with Crippen LogP contribution in [0.15, 0.2) is 48.5 Å². The van der Waals surface area contributed by atoms with Crippen LogP contribution in [-0.4, -0.2) is 42.9 Å². The van der Waals surface area contributed by atoms with Crippen LogP contribution in [0.1, 0.15) is 42.6 Å². The Morgan fingerprint density at radius 2 is 1.85 bits per heavy atom. The van der Waals surface area contributed by atoms with E-state index in [9.17, 15) is 14.4 Å². The van der Waals surface area contributed by atoms with Crippen molar-refractivity contribution in [1.82, 2.24) is 15.8 Å². The van der Waals surface area contributed by atoms with Gasteiger partial charge in [0.25, 0.3) is 5.91 Å². The van der Waals surface area contributed by atoms with Crippen LogP contribution in [0.3, 0.4) is 0 Å². The molecule has 0 aliphatic carbocycles. The second-order valence-corrected chi connectivity index (χ2v) is 8.50. The molecule has 0 radical (unpaired) electrons. The lowest BCUT2D eigenvalue weighted by molar-refractivity contribution is -0.129. The van der Waals surface area contributed by atoms with Gasteiger partial charge in [-0.1, -0.05) is 44.2 Å². The third kappa shape index (κ3) is 6.71. The number of carbonyl (C=O) groups excluding carboxylic acids is 3. The number of amides is 3. The molecule has 3 rings (SSSR count). The molecular weight excluding hydrogens is 422 g/mol. The number of hydrazine groups is 1. The lowest BCUT2D eigenvalue weighted by atomic mass is 10.1. The topological polar surface area (TPSA) is 97.0 Å². The van der Waals surface area contributed by atoms with Crippen LogP contribution in [-0.2, 0) is 16.1 Å². The van der Waals surface area contributed by atoms with E-state index in [1.165, 1.54) is 7.11 Å². The predicted molar refractivity (Wildman–Crippen MR) is 124 cm³/mol. The molecule has 1 atom stereocenters. The van der Waals surface area contributed by atoms with Gasteiger partial charge in [-0.25, -0.2) is 0 Å². The first kappa shape index (κ1) is 24.1. The fraction of sp³-hybridized carbons (Fsp3) is 0.400. The van der Waals surface area contributed by atoms with Gasteiger partial charge < -0.3 is 14.4 Å². The van der Waals surface area contributed by atoms with Gasteiger partial charge in [-0.05, 0) is 36.1 Å². The number of hydrogen-bond acceptors (Lipinski definition) is 5. The van der Waals surface area contributed by atoms with Crippen LogP contribution < -0.4 is 20.3 Å². The minimum Gasteiger partial charge on any atom is -0.493 e. The fourth-order valence-corrected chi connectivity index (χ4v) is 3.53. The molecule has 1 aliphatic rings. The summed E-state index contributed by atoms with van der Waals surface area (Å²) in [7, 11) is 1.51. The highest BCUT2D eigenvalue weighted by molar-refractivity contribution is 5.97. The Hall–Kier alpha value is -3.55. The summed E-state index contributed by atoms with van der Waals surface area (Å²) in [5, 5.41) is 0. The van der Waals surface area contributed by atoms with E-state index in [0.29, 0.717) is 42.7 Å². The SMILES string of the molecule is COc1cc(C(=O)NNC(=O)C2CC(=O)N(Cc3ccccc3)C2)ccc1OCCC(C)C. The fourth-order valence-electron chi connectivity index (χ4n) is 3.53. The van der Waals surface area contributed by atoms with Crippen LogP contribution in [0.2, 0.25) is 0 Å². The first-order valence-corrected chi connectivity index (χ1v) is 11.1. The number of carbonyl (C=O) groups is 3. The van der Waals surface area contributed by atoms with Gasteiger partial charge in [0.15, 0.2) is 11.5 Å². The minimum atomic E-state index is -0.521. The van der Waals surface area contributed by atoms with Gasteiger partial charge in [0.2, 0.25) is 11.8 Å². The Morgan fingerprint density at radius 3 is 2.55 bits per heavy atom. The molecular formula is C25H31N3O5. The molecule has 0 aromatic heterocycles. The summed E-state index contributed by atoms with van der Waals surface area (Å²) >= 11 is 0. The third-order valence-electron chi connectivity index (χ3n) is 5.48. The van der Waals surface area contributed by atoms with Gasteiger partial charge >= 0.3 is 0 Å². The molecule has 1 unspecified atom stereocenters. The Labute approximate surface area is 194 Å². The van der Waals surface area contributed by atoms with Crippen molar-refractivity contribution < 1.29 is 23.9 Å². The standard InChI is InChI=1S/C25H31N3O5/c1-17(2)11-12-33-21-10-9-19(13-22(21)32-3)24(30)26-27-25(31)20-14-23(29)28(16-20)15-18-7-5-4-6-8-18/h4-10,13,17,20H,11-12,14-16H2,1-3H3,(H,26,30)(H,27,31). The minimum absolute atomic E-state index is 0.0804. The lowest BCUT2D eigenvalue weighted by Gasteiger charge is -2.17. The normalized spacial score (nSPS) is 15.5. The number of hydrogen-bond donors (Lipinski definition) is 2. The highest BCUT2D eigenvalue weighted by Crippen LogP contribution is 2.28. The smallest absolute Gasteiger partial charge is 0.269 e. The first-order chi connectivity index (χ1) is 15.9. The van der Waals surface area contributed by atoms with Crippen LogP contribution in [0.4, 0.5) is 0 Å². The number of rotatable bonds is 9. The van der Waals surface area contributed by atoms with E-state index < -0.39 is 17.7 Å². The van der Waals surface area contributed by atoms with E-state index in [-0.39, 0.29) is 12.3 Å². The van der Waals surface area contributed by atoms with E-state index in [1.807, 2.05) is 30.3 Å². The summed E-state index contributed by atoms with van der Waals surface area (Å²) in [6.07, 6.45) is 1.02. The predicted octanol–water partition coefficient (Wildman–Crippen LogP) is 2.93. The van der Waals surface area contributed by atoms with E-state index in [0.717, 1.165) is 12.0 Å². The molecule has 8 heteroatoms. The van der Waals surface area contributed by atoms with Gasteiger partial charge in [0.1, 0.15) is 0 Å². The van der Waals surface area contributed by atoms with E-state index in [2.05, 4.69) is 24.7 Å². The Balaban J connectivity index is 1.51. The number of methoxy groups -OCH3 is 1. The molecule has 33 heavy (non-hydrogen) atoms. The van der Waals surface area contributed by atoms with Crippen LogP contribution >= 0.6 is 0 Å². The van der Waals surface area contributed by atoms with Crippen LogP contribution in [0, 0.1) is 11.8 Å². The summed E-state index contributed by atoms with van der Waals surface area (Å²) in [5.74, 6) is 0.0345. The second kappa shape index (κ2) is 11.4. The molecule has 1 fully saturated rings. The Morgan fingerprint density at radius 1 is 1.09 bits per heavy atom. The summed E-state index contributed by atoms with van der Waals surface area (Å²) in [6.45, 7) is 5.55. The molecule has 2 aromatic rings. The number of benzene rings is 2. The van der Waals surface area contributed by atoms with Crippen LogP contribution in [0.5, 0.6) is 11.5 Å². The van der Waals surface area contributed by atoms with Crippen LogP contribution in [0.25, 0.3) is 0 Å². The highest BCUT2D eigenvalue weighted by Gasteiger charge is 2.34. The van der Waals surface area contributed by atoms with Crippen molar-refractivity contribution in [1.29, 1.82) is 0 Å². The van der Waals surface area contributed by atoms with Crippen molar-refractivity contribution in [2.24, 2.45) is 11.8 Å². The highest BCUT2D eigenvalue weighted by atomic mass is 16.5. The summed E-state index contributed by atoms with van der Waals surface area (Å²) in [4.78, 5) is 39.0. The number of nitrogens with one attached hydrogen (secondary N) is 2. The molecule has 2 N–H and O–H groups in total. The first-order valence-electron chi connectivity index (χ1n) is 11.1. The van der Waals surface area contributed by atoms with Crippen molar-refractivity contribution in [2.75, 3.05) is 20.3 Å². The van der Waals surface area contributed by atoms with E-state index >= 15 is 0 Å². The monoisotopic (exact) mass is 453 g/mol. The zero-order valence-electron chi connectivity index (χ0n) is 19.3. The molecule has 1 saturated heterocycles. The molecule has 2 aromatic carbocycles. The maximum atomic E-state index is 12.5. The number of ether oxygens (including phenoxy) is 2. The van der Waals surface area contributed by atoms with Crippen molar-refractivity contribution in [3.05, 3.63) is 59.7 Å². The summed E-state index contributed by atoms with van der Waals surface area (Å²) in [6, 6.07) is 14.5. The second-order valence-electron chi connectivity index (χ2n) is 8.50. The van der Waals surface area contributed by atoms with Crippen molar-refractivity contribution in [3.8, 4) is 11.5 Å². The zero-order valence-corrected chi connectivity index (χ0v) is 19.3. The average molecular weight is 454 g/mol. The van der Waals surface area contributed by atoms with Gasteiger partial charge in [0, 0.05) is 25.1 Å². The Bertz CT molecular complexity index is 977. The third-order valence-corrected chi connectivity index (χ3v) is 5.48. The lowest BCUT2D eigenvalue weighted by Crippen LogP contribution is -2.45. The number of nitrogens with zero attached hydrogens (tertiary/aromatic N) is 1. The largest absolute Gasteiger partial charge is 0.493 e. The molecule has 0 bridgehead atoms. The molecule has 176 valence electrons.